The Morgan fingerprint density at radius 3 is 2.60 bits per heavy atom. The van der Waals surface area contributed by atoms with Gasteiger partial charge >= 0.3 is 6.18 Å². The van der Waals surface area contributed by atoms with Gasteiger partial charge in [-0.25, -0.2) is 4.98 Å². The molecule has 1 heterocycles. The largest absolute Gasteiger partial charge is 0.445 e. The first-order valence-electron chi connectivity index (χ1n) is 5.37. The molecule has 0 N–H and O–H groups in total. The van der Waals surface area contributed by atoms with Crippen molar-refractivity contribution in [3.05, 3.63) is 58.9 Å². The highest BCUT2D eigenvalue weighted by Gasteiger charge is 2.30. The molecule has 0 atom stereocenters. The van der Waals surface area contributed by atoms with Gasteiger partial charge in [-0.2, -0.15) is 13.2 Å². The zero-order valence-corrected chi connectivity index (χ0v) is 11.4. The summed E-state index contributed by atoms with van der Waals surface area (Å²) in [4.78, 5) is 3.78. The molecule has 0 saturated carbocycles. The molecule has 2 nitrogen and oxygen atoms in total. The van der Waals surface area contributed by atoms with Gasteiger partial charge in [0, 0.05) is 11.8 Å². The summed E-state index contributed by atoms with van der Waals surface area (Å²) in [6.45, 7) is 0. The van der Waals surface area contributed by atoms with Crippen LogP contribution in [0.1, 0.15) is 11.1 Å². The van der Waals surface area contributed by atoms with E-state index in [9.17, 15) is 13.2 Å². The van der Waals surface area contributed by atoms with Crippen LogP contribution in [0.4, 0.5) is 13.2 Å². The van der Waals surface area contributed by atoms with E-state index in [0.29, 0.717) is 5.56 Å². The monoisotopic (exact) mass is 317 g/mol. The van der Waals surface area contributed by atoms with Gasteiger partial charge in [-0.1, -0.05) is 17.7 Å². The van der Waals surface area contributed by atoms with Crippen LogP contribution in [0.2, 0.25) is 5.15 Å². The highest BCUT2D eigenvalue weighted by atomic mass is 35.5. The van der Waals surface area contributed by atoms with Crippen LogP contribution in [0.5, 0.6) is 5.75 Å². The molecule has 0 spiro atoms. The molecule has 2 aromatic rings. The Balaban J connectivity index is 2.20. The number of aromatic nitrogens is 1. The maximum atomic E-state index is 12.6. The van der Waals surface area contributed by atoms with Crippen LogP contribution in [-0.4, -0.2) is 10.0 Å². The zero-order chi connectivity index (χ0) is 14.8. The summed E-state index contributed by atoms with van der Waals surface area (Å²) in [6.07, 6.45) is -3.00. The molecule has 0 bridgehead atoms. The molecule has 0 aliphatic carbocycles. The van der Waals surface area contributed by atoms with Crippen molar-refractivity contribution >= 4 is 28.9 Å². The van der Waals surface area contributed by atoms with E-state index in [4.69, 9.17) is 28.6 Å². The van der Waals surface area contributed by atoms with Crippen LogP contribution in [0.25, 0.3) is 0 Å². The number of pyridine rings is 1. The van der Waals surface area contributed by atoms with Gasteiger partial charge in [0.1, 0.15) is 10.9 Å². The summed E-state index contributed by atoms with van der Waals surface area (Å²) < 4.78 is 42.9. The highest BCUT2D eigenvalue weighted by Crippen LogP contribution is 2.31. The van der Waals surface area contributed by atoms with E-state index in [0.717, 1.165) is 12.1 Å². The lowest BCUT2D eigenvalue weighted by atomic mass is 10.2. The molecule has 0 saturated heterocycles. The number of nitrogens with zero attached hydrogens (tertiary/aromatic N) is 1. The minimum Gasteiger partial charge on any atom is -0.445 e. The van der Waals surface area contributed by atoms with Gasteiger partial charge in [0.05, 0.1) is 5.56 Å². The maximum Gasteiger partial charge on any atom is 0.416 e. The third-order valence-corrected chi connectivity index (χ3v) is 2.86. The van der Waals surface area contributed by atoms with Crippen molar-refractivity contribution in [3.63, 3.8) is 0 Å². The van der Waals surface area contributed by atoms with Crippen molar-refractivity contribution in [1.29, 1.82) is 0 Å². The molecule has 0 fully saturated rings. The Hall–Kier alpha value is -1.66. The van der Waals surface area contributed by atoms with Crippen LogP contribution in [0.3, 0.4) is 0 Å². The molecule has 7 heteroatoms. The lowest BCUT2D eigenvalue weighted by molar-refractivity contribution is -0.137. The van der Waals surface area contributed by atoms with Gasteiger partial charge in [-0.15, -0.1) is 0 Å². The van der Waals surface area contributed by atoms with Gasteiger partial charge in [0.15, 0.2) is 5.05 Å². The molecule has 104 valence electrons. The molecule has 2 rings (SSSR count). The van der Waals surface area contributed by atoms with E-state index < -0.39 is 11.7 Å². The first-order chi connectivity index (χ1) is 9.36. The molecule has 0 aliphatic heterocycles. The summed E-state index contributed by atoms with van der Waals surface area (Å²) in [5.74, 6) is 0.0118. The molecule has 0 unspecified atom stereocenters. The predicted octanol–water partition coefficient (Wildman–Crippen LogP) is 4.51. The number of benzene rings is 1. The van der Waals surface area contributed by atoms with E-state index in [2.05, 4.69) is 4.98 Å². The third kappa shape index (κ3) is 3.68. The van der Waals surface area contributed by atoms with E-state index >= 15 is 0 Å². The molecule has 0 radical (unpaired) electrons. The summed E-state index contributed by atoms with van der Waals surface area (Å²) >= 11 is 10.7. The first kappa shape index (κ1) is 14.7. The number of hydrogen-bond acceptors (Lipinski definition) is 3. The molecule has 0 amide bonds. The van der Waals surface area contributed by atoms with Gasteiger partial charge in [0.2, 0.25) is 0 Å². The quantitative estimate of drug-likeness (QED) is 0.601. The SMILES string of the molecule is FC(F)(F)c1cccc(OC(=S)c2ccnc(Cl)c2)c1. The van der Waals surface area contributed by atoms with Gasteiger partial charge in [0.25, 0.3) is 0 Å². The second kappa shape index (κ2) is 5.76. The summed E-state index contributed by atoms with van der Waals surface area (Å²) in [7, 11) is 0. The second-order valence-electron chi connectivity index (χ2n) is 3.78. The first-order valence-corrected chi connectivity index (χ1v) is 6.16. The summed E-state index contributed by atoms with van der Waals surface area (Å²) in [5, 5.41) is 0.242. The van der Waals surface area contributed by atoms with E-state index in [1.165, 1.54) is 24.4 Å². The minimum atomic E-state index is -4.43. The fourth-order valence-electron chi connectivity index (χ4n) is 1.43. The molecule has 0 aliphatic rings. The maximum absolute atomic E-state index is 12.6. The second-order valence-corrected chi connectivity index (χ2v) is 4.54. The Bertz CT molecular complexity index is 646. The van der Waals surface area contributed by atoms with Crippen molar-refractivity contribution in [1.82, 2.24) is 4.98 Å². The van der Waals surface area contributed by atoms with Gasteiger partial charge in [-0.05, 0) is 42.5 Å². The highest BCUT2D eigenvalue weighted by molar-refractivity contribution is 7.80. The van der Waals surface area contributed by atoms with Crippen LogP contribution in [0, 0.1) is 0 Å². The van der Waals surface area contributed by atoms with E-state index in [-0.39, 0.29) is 16.0 Å². The Morgan fingerprint density at radius 2 is 1.95 bits per heavy atom. The normalized spacial score (nSPS) is 11.2. The number of halogens is 4. The topological polar surface area (TPSA) is 22.1 Å². The van der Waals surface area contributed by atoms with Gasteiger partial charge in [-0.3, -0.25) is 0 Å². The number of thiocarbonyl (C=S) groups is 1. The van der Waals surface area contributed by atoms with Gasteiger partial charge < -0.3 is 4.74 Å². The van der Waals surface area contributed by atoms with Crippen LogP contribution < -0.4 is 4.74 Å². The standard InChI is InChI=1S/C13H7ClF3NOS/c14-11-6-8(4-5-18-11)12(20)19-10-3-1-2-9(7-10)13(15,16)17/h1-7H. The third-order valence-electron chi connectivity index (χ3n) is 2.33. The number of ether oxygens (including phenoxy) is 1. The number of rotatable bonds is 2. The van der Waals surface area contributed by atoms with Crippen molar-refractivity contribution in [2.45, 2.75) is 6.18 Å². The lowest BCUT2D eigenvalue weighted by Crippen LogP contribution is -2.09. The fourth-order valence-corrected chi connectivity index (χ4v) is 1.83. The fraction of sp³-hybridized carbons (Fsp3) is 0.0769. The zero-order valence-electron chi connectivity index (χ0n) is 9.82. The van der Waals surface area contributed by atoms with Crippen LogP contribution in [0.15, 0.2) is 42.6 Å². The summed E-state index contributed by atoms with van der Waals surface area (Å²) in [5.41, 5.74) is -0.331. The lowest BCUT2D eigenvalue weighted by Gasteiger charge is -2.10. The molecule has 20 heavy (non-hydrogen) atoms. The van der Waals surface area contributed by atoms with Crippen LogP contribution >= 0.6 is 23.8 Å². The molecular weight excluding hydrogens is 311 g/mol. The van der Waals surface area contributed by atoms with Crippen molar-refractivity contribution < 1.29 is 17.9 Å². The van der Waals surface area contributed by atoms with E-state index in [1.54, 1.807) is 6.07 Å². The minimum absolute atomic E-state index is 0.0118. The average Bonchev–Trinajstić information content (AvgIpc) is 2.38. The Morgan fingerprint density at radius 1 is 1.20 bits per heavy atom. The number of hydrogen-bond donors (Lipinski definition) is 0. The smallest absolute Gasteiger partial charge is 0.416 e. The average molecular weight is 318 g/mol. The Kier molecular flexibility index (Phi) is 4.25. The predicted molar refractivity (Wildman–Crippen MR) is 73.0 cm³/mol. The van der Waals surface area contributed by atoms with Crippen molar-refractivity contribution in [3.8, 4) is 5.75 Å². The van der Waals surface area contributed by atoms with Crippen LogP contribution in [-0.2, 0) is 6.18 Å². The van der Waals surface area contributed by atoms with Crippen molar-refractivity contribution in [2.75, 3.05) is 0 Å². The molecule has 1 aromatic carbocycles. The molecular formula is C13H7ClF3NOS. The van der Waals surface area contributed by atoms with Crippen molar-refractivity contribution in [2.24, 2.45) is 0 Å². The summed E-state index contributed by atoms with van der Waals surface area (Å²) in [6, 6.07) is 7.51. The molecule has 1 aromatic heterocycles. The Labute approximate surface area is 123 Å². The van der Waals surface area contributed by atoms with E-state index in [1.807, 2.05) is 0 Å². The number of alkyl halides is 3.